The number of halogens is 1. The van der Waals surface area contributed by atoms with Crippen molar-refractivity contribution in [1.82, 2.24) is 5.32 Å². The molecule has 3 nitrogen and oxygen atoms in total. The Morgan fingerprint density at radius 1 is 1.25 bits per heavy atom. The Hall–Kier alpha value is -0.770. The highest BCUT2D eigenvalue weighted by atomic mass is 35.5. The maximum Gasteiger partial charge on any atom is 0.0642 e. The van der Waals surface area contributed by atoms with E-state index in [0.29, 0.717) is 0 Å². The molecule has 1 aromatic carbocycles. The number of para-hydroxylation sites is 1. The number of ether oxygens (including phenoxy) is 1. The molecule has 0 saturated carbocycles. The first kappa shape index (κ1) is 17.3. The molecule has 20 heavy (non-hydrogen) atoms. The lowest BCUT2D eigenvalue weighted by Crippen LogP contribution is -2.29. The molecule has 0 aliphatic rings. The molecule has 0 aliphatic heterocycles. The number of nitrogens with zero attached hydrogens (tertiary/aromatic N) is 1. The monoisotopic (exact) mass is 298 g/mol. The summed E-state index contributed by atoms with van der Waals surface area (Å²) >= 11 is 6.42. The first-order valence-electron chi connectivity index (χ1n) is 7.55. The van der Waals surface area contributed by atoms with E-state index in [1.165, 1.54) is 5.56 Å². The van der Waals surface area contributed by atoms with Crippen LogP contribution < -0.4 is 10.2 Å². The minimum atomic E-state index is 0.734. The highest BCUT2D eigenvalue weighted by Crippen LogP contribution is 2.29. The SMILES string of the molecule is CCCNCc1cccc(Cl)c1N(CC)CCOCC. The fourth-order valence-corrected chi connectivity index (χ4v) is 2.52. The van der Waals surface area contributed by atoms with Crippen molar-refractivity contribution in [3.05, 3.63) is 28.8 Å². The zero-order valence-corrected chi connectivity index (χ0v) is 13.7. The molecule has 0 fully saturated rings. The second-order valence-electron chi connectivity index (χ2n) is 4.70. The van der Waals surface area contributed by atoms with Crippen LogP contribution in [0, 0.1) is 0 Å². The third kappa shape index (κ3) is 5.31. The van der Waals surface area contributed by atoms with Crippen LogP contribution in [-0.4, -0.2) is 32.8 Å². The Labute approximate surface area is 128 Å². The van der Waals surface area contributed by atoms with Crippen LogP contribution in [-0.2, 0) is 11.3 Å². The van der Waals surface area contributed by atoms with Crippen LogP contribution in [0.4, 0.5) is 5.69 Å². The van der Waals surface area contributed by atoms with Gasteiger partial charge in [-0.3, -0.25) is 0 Å². The van der Waals surface area contributed by atoms with E-state index in [1.54, 1.807) is 0 Å². The summed E-state index contributed by atoms with van der Waals surface area (Å²) in [5.74, 6) is 0. The molecular weight excluding hydrogens is 272 g/mol. The van der Waals surface area contributed by atoms with Gasteiger partial charge in [-0.15, -0.1) is 0 Å². The van der Waals surface area contributed by atoms with E-state index in [-0.39, 0.29) is 0 Å². The van der Waals surface area contributed by atoms with Crippen LogP contribution in [0.1, 0.15) is 32.8 Å². The number of anilines is 1. The number of rotatable bonds is 10. The van der Waals surface area contributed by atoms with Gasteiger partial charge in [0.05, 0.1) is 17.3 Å². The van der Waals surface area contributed by atoms with Gasteiger partial charge in [-0.2, -0.15) is 0 Å². The molecule has 0 amide bonds. The maximum absolute atomic E-state index is 6.42. The molecule has 0 bridgehead atoms. The first-order chi connectivity index (χ1) is 9.74. The largest absolute Gasteiger partial charge is 0.380 e. The van der Waals surface area contributed by atoms with Gasteiger partial charge in [0.15, 0.2) is 0 Å². The van der Waals surface area contributed by atoms with E-state index in [1.807, 2.05) is 19.1 Å². The Balaban J connectivity index is 2.82. The average molecular weight is 299 g/mol. The van der Waals surface area contributed by atoms with Crippen LogP contribution >= 0.6 is 11.6 Å². The summed E-state index contributed by atoms with van der Waals surface area (Å²) in [5.41, 5.74) is 2.39. The minimum absolute atomic E-state index is 0.734. The fourth-order valence-electron chi connectivity index (χ4n) is 2.20. The number of likely N-dealkylation sites (N-methyl/N-ethyl adjacent to an activating group) is 1. The molecular formula is C16H27ClN2O. The lowest BCUT2D eigenvalue weighted by molar-refractivity contribution is 0.154. The van der Waals surface area contributed by atoms with Crippen molar-refractivity contribution in [2.75, 3.05) is 37.7 Å². The first-order valence-corrected chi connectivity index (χ1v) is 7.93. The third-order valence-electron chi connectivity index (χ3n) is 3.22. The van der Waals surface area contributed by atoms with Crippen LogP contribution in [0.5, 0.6) is 0 Å². The number of benzene rings is 1. The van der Waals surface area contributed by atoms with Gasteiger partial charge in [0.25, 0.3) is 0 Å². The minimum Gasteiger partial charge on any atom is -0.380 e. The Bertz CT molecular complexity index is 385. The number of hydrogen-bond donors (Lipinski definition) is 1. The van der Waals surface area contributed by atoms with Gasteiger partial charge in [0.1, 0.15) is 0 Å². The van der Waals surface area contributed by atoms with E-state index in [4.69, 9.17) is 16.3 Å². The van der Waals surface area contributed by atoms with Crippen molar-refractivity contribution in [1.29, 1.82) is 0 Å². The predicted octanol–water partition coefficient (Wildman–Crippen LogP) is 3.70. The van der Waals surface area contributed by atoms with Gasteiger partial charge in [0.2, 0.25) is 0 Å². The molecule has 0 spiro atoms. The lowest BCUT2D eigenvalue weighted by Gasteiger charge is -2.27. The predicted molar refractivity (Wildman–Crippen MR) is 87.8 cm³/mol. The highest BCUT2D eigenvalue weighted by molar-refractivity contribution is 6.33. The number of nitrogens with one attached hydrogen (secondary N) is 1. The number of hydrogen-bond acceptors (Lipinski definition) is 3. The van der Waals surface area contributed by atoms with E-state index >= 15 is 0 Å². The lowest BCUT2D eigenvalue weighted by atomic mass is 10.1. The molecule has 0 unspecified atom stereocenters. The maximum atomic E-state index is 6.42. The van der Waals surface area contributed by atoms with Gasteiger partial charge in [-0.1, -0.05) is 30.7 Å². The van der Waals surface area contributed by atoms with Crippen LogP contribution in [0.3, 0.4) is 0 Å². The van der Waals surface area contributed by atoms with Gasteiger partial charge >= 0.3 is 0 Å². The molecule has 1 N–H and O–H groups in total. The quantitative estimate of drug-likeness (QED) is 0.667. The summed E-state index contributed by atoms with van der Waals surface area (Å²) in [6, 6.07) is 6.13. The van der Waals surface area contributed by atoms with E-state index in [2.05, 4.69) is 30.1 Å². The van der Waals surface area contributed by atoms with Crippen LogP contribution in [0.15, 0.2) is 18.2 Å². The van der Waals surface area contributed by atoms with Crippen LogP contribution in [0.2, 0.25) is 5.02 Å². The smallest absolute Gasteiger partial charge is 0.0642 e. The molecule has 0 aromatic heterocycles. The summed E-state index contributed by atoms with van der Waals surface area (Å²) < 4.78 is 5.47. The van der Waals surface area contributed by atoms with E-state index in [9.17, 15) is 0 Å². The molecule has 0 atom stereocenters. The van der Waals surface area contributed by atoms with E-state index in [0.717, 1.165) is 56.5 Å². The van der Waals surface area contributed by atoms with E-state index < -0.39 is 0 Å². The average Bonchev–Trinajstić information content (AvgIpc) is 2.45. The molecule has 114 valence electrons. The van der Waals surface area contributed by atoms with Crippen molar-refractivity contribution in [2.45, 2.75) is 33.7 Å². The summed E-state index contributed by atoms with van der Waals surface area (Å²) in [5, 5.41) is 4.27. The van der Waals surface area contributed by atoms with Gasteiger partial charge in [0, 0.05) is 26.2 Å². The summed E-state index contributed by atoms with van der Waals surface area (Å²) in [6.07, 6.45) is 1.14. The van der Waals surface area contributed by atoms with Crippen LogP contribution in [0.25, 0.3) is 0 Å². The van der Waals surface area contributed by atoms with Crippen molar-refractivity contribution >= 4 is 17.3 Å². The van der Waals surface area contributed by atoms with Gasteiger partial charge in [-0.05, 0) is 38.4 Å². The Kier molecular flexibility index (Phi) is 8.67. The van der Waals surface area contributed by atoms with Crippen molar-refractivity contribution in [3.8, 4) is 0 Å². The van der Waals surface area contributed by atoms with Crippen molar-refractivity contribution < 1.29 is 4.74 Å². The molecule has 0 radical (unpaired) electrons. The molecule has 4 heteroatoms. The molecule has 1 aromatic rings. The molecule has 0 saturated heterocycles. The Morgan fingerprint density at radius 2 is 2.05 bits per heavy atom. The zero-order chi connectivity index (χ0) is 14.8. The highest BCUT2D eigenvalue weighted by Gasteiger charge is 2.13. The summed E-state index contributed by atoms with van der Waals surface area (Å²) in [6.45, 7) is 11.5. The normalized spacial score (nSPS) is 10.8. The molecule has 0 aliphatic carbocycles. The Morgan fingerprint density at radius 3 is 2.70 bits per heavy atom. The van der Waals surface area contributed by atoms with Crippen molar-refractivity contribution in [2.24, 2.45) is 0 Å². The summed E-state index contributed by atoms with van der Waals surface area (Å²) in [4.78, 5) is 2.29. The van der Waals surface area contributed by atoms with Crippen molar-refractivity contribution in [3.63, 3.8) is 0 Å². The van der Waals surface area contributed by atoms with Gasteiger partial charge in [-0.25, -0.2) is 0 Å². The zero-order valence-electron chi connectivity index (χ0n) is 12.9. The third-order valence-corrected chi connectivity index (χ3v) is 3.53. The second-order valence-corrected chi connectivity index (χ2v) is 5.11. The molecule has 1 rings (SSSR count). The summed E-state index contributed by atoms with van der Waals surface area (Å²) in [7, 11) is 0. The molecule has 0 heterocycles. The second kappa shape index (κ2) is 10.0. The topological polar surface area (TPSA) is 24.5 Å². The van der Waals surface area contributed by atoms with Gasteiger partial charge < -0.3 is 15.0 Å². The fraction of sp³-hybridized carbons (Fsp3) is 0.625. The standard InChI is InChI=1S/C16H27ClN2O/c1-4-10-18-13-14-8-7-9-15(17)16(14)19(5-2)11-12-20-6-3/h7-9,18H,4-6,10-13H2,1-3H3.